The van der Waals surface area contributed by atoms with Crippen LogP contribution in [0, 0.1) is 19.8 Å². The lowest BCUT2D eigenvalue weighted by Gasteiger charge is -2.25. The molecule has 0 aliphatic rings. The predicted octanol–water partition coefficient (Wildman–Crippen LogP) is 5.14. The van der Waals surface area contributed by atoms with Gasteiger partial charge in [-0.15, -0.1) is 0 Å². The van der Waals surface area contributed by atoms with Crippen LogP contribution in [0.1, 0.15) is 61.0 Å². The van der Waals surface area contributed by atoms with E-state index >= 15 is 0 Å². The number of carbonyl (C=O) groups is 2. The highest BCUT2D eigenvalue weighted by atomic mass is 19.3. The van der Waals surface area contributed by atoms with Crippen LogP contribution in [0.2, 0.25) is 0 Å². The number of aromatic nitrogens is 2. The van der Waals surface area contributed by atoms with Crippen LogP contribution < -0.4 is 10.9 Å². The third-order valence-corrected chi connectivity index (χ3v) is 6.87. The molecule has 0 bridgehead atoms. The van der Waals surface area contributed by atoms with Crippen molar-refractivity contribution in [3.8, 4) is 11.1 Å². The van der Waals surface area contributed by atoms with Crippen LogP contribution in [0.4, 0.5) is 8.78 Å². The number of hydrogen-bond donors (Lipinski definition) is 2. The van der Waals surface area contributed by atoms with Crippen LogP contribution in [-0.2, 0) is 16.1 Å². The summed E-state index contributed by atoms with van der Waals surface area (Å²) in [5, 5.41) is 12.5. The van der Waals surface area contributed by atoms with E-state index in [2.05, 4.69) is 10.3 Å². The molecule has 0 aliphatic carbocycles. The minimum atomic E-state index is -2.49. The summed E-state index contributed by atoms with van der Waals surface area (Å²) in [6, 6.07) is 8.97. The first kappa shape index (κ1) is 31.6. The van der Waals surface area contributed by atoms with Crippen molar-refractivity contribution in [2.45, 2.75) is 65.6 Å². The minimum absolute atomic E-state index is 0.0430. The number of benzene rings is 1. The van der Waals surface area contributed by atoms with Crippen LogP contribution in [0.15, 0.2) is 59.8 Å². The molecule has 0 saturated heterocycles. The van der Waals surface area contributed by atoms with Gasteiger partial charge in [-0.2, -0.15) is 0 Å². The van der Waals surface area contributed by atoms with Crippen molar-refractivity contribution >= 4 is 11.9 Å². The highest BCUT2D eigenvalue weighted by Crippen LogP contribution is 2.29. The van der Waals surface area contributed by atoms with E-state index in [0.717, 1.165) is 22.3 Å². The number of nitrogens with one attached hydrogen (secondary N) is 1. The average Bonchev–Trinajstić information content (AvgIpc) is 2.86. The smallest absolute Gasteiger partial charge is 0.305 e. The Labute approximate surface area is 239 Å². The fourth-order valence-corrected chi connectivity index (χ4v) is 5.04. The first-order chi connectivity index (χ1) is 19.3. The molecule has 0 unspecified atom stereocenters. The molecule has 2 heterocycles. The van der Waals surface area contributed by atoms with E-state index in [-0.39, 0.29) is 18.9 Å². The molecule has 220 valence electrons. The molecule has 3 aromatic rings. The van der Waals surface area contributed by atoms with Crippen molar-refractivity contribution in [1.29, 1.82) is 0 Å². The molecule has 41 heavy (non-hydrogen) atoms. The minimum Gasteiger partial charge on any atom is -0.481 e. The Morgan fingerprint density at radius 1 is 1.10 bits per heavy atom. The van der Waals surface area contributed by atoms with E-state index in [9.17, 15) is 28.3 Å². The Balaban J connectivity index is 1.92. The van der Waals surface area contributed by atoms with Crippen LogP contribution in [0.3, 0.4) is 0 Å². The summed E-state index contributed by atoms with van der Waals surface area (Å²) < 4.78 is 26.7. The molecule has 2 N–H and O–H groups in total. The second-order valence-corrected chi connectivity index (χ2v) is 10.9. The zero-order valence-corrected chi connectivity index (χ0v) is 24.1. The van der Waals surface area contributed by atoms with E-state index < -0.39 is 42.5 Å². The SMILES string of the molecule is Cc1cccc(C)c1-c1cncc([C@H](CC(=O)O)NC(=O)[C@H](CC(C)C)n2ccc(CN(C)CC(F)F)cc2=O)c1. The lowest BCUT2D eigenvalue weighted by molar-refractivity contribution is -0.138. The van der Waals surface area contributed by atoms with Gasteiger partial charge < -0.3 is 15.0 Å². The molecule has 0 fully saturated rings. The van der Waals surface area contributed by atoms with E-state index in [1.54, 1.807) is 25.5 Å². The lowest BCUT2D eigenvalue weighted by atomic mass is 9.94. The number of hydrogen-bond acceptors (Lipinski definition) is 5. The number of halogens is 2. The second-order valence-electron chi connectivity index (χ2n) is 10.9. The zero-order chi connectivity index (χ0) is 30.3. The number of carbonyl (C=O) groups excluding carboxylic acids is 1. The van der Waals surface area contributed by atoms with E-state index in [1.165, 1.54) is 21.7 Å². The van der Waals surface area contributed by atoms with Gasteiger partial charge in [0.1, 0.15) is 6.04 Å². The Bertz CT molecular complexity index is 1400. The molecule has 0 spiro atoms. The van der Waals surface area contributed by atoms with Crippen molar-refractivity contribution in [3.05, 3.63) is 87.6 Å². The average molecular weight is 569 g/mol. The number of amides is 1. The van der Waals surface area contributed by atoms with Gasteiger partial charge in [0.2, 0.25) is 5.91 Å². The van der Waals surface area contributed by atoms with Crippen molar-refractivity contribution in [2.75, 3.05) is 13.6 Å². The van der Waals surface area contributed by atoms with Crippen LogP contribution in [-0.4, -0.2) is 51.5 Å². The van der Waals surface area contributed by atoms with Crippen molar-refractivity contribution in [2.24, 2.45) is 5.92 Å². The van der Waals surface area contributed by atoms with Gasteiger partial charge in [0, 0.05) is 36.8 Å². The van der Waals surface area contributed by atoms with Crippen LogP contribution in [0.25, 0.3) is 11.1 Å². The van der Waals surface area contributed by atoms with Gasteiger partial charge in [-0.05, 0) is 73.2 Å². The largest absolute Gasteiger partial charge is 0.481 e. The van der Waals surface area contributed by atoms with E-state index in [4.69, 9.17) is 0 Å². The number of rotatable bonds is 13. The second kappa shape index (κ2) is 14.1. The van der Waals surface area contributed by atoms with Gasteiger partial charge in [0.05, 0.1) is 19.0 Å². The summed E-state index contributed by atoms with van der Waals surface area (Å²) >= 11 is 0. The first-order valence-corrected chi connectivity index (χ1v) is 13.6. The molecule has 1 amide bonds. The summed E-state index contributed by atoms with van der Waals surface area (Å²) in [5.74, 6) is -1.55. The number of carboxylic acids is 1. The molecule has 3 rings (SSSR count). The van der Waals surface area contributed by atoms with E-state index in [0.29, 0.717) is 17.5 Å². The van der Waals surface area contributed by atoms with E-state index in [1.807, 2.05) is 52.0 Å². The number of alkyl halides is 2. The maximum absolute atomic E-state index is 13.7. The molecular weight excluding hydrogens is 530 g/mol. The van der Waals surface area contributed by atoms with Gasteiger partial charge in [0.15, 0.2) is 0 Å². The maximum atomic E-state index is 13.7. The molecule has 2 aromatic heterocycles. The van der Waals surface area contributed by atoms with Gasteiger partial charge in [-0.1, -0.05) is 32.0 Å². The maximum Gasteiger partial charge on any atom is 0.305 e. The van der Waals surface area contributed by atoms with Gasteiger partial charge in [0.25, 0.3) is 12.0 Å². The fraction of sp³-hybridized carbons (Fsp3) is 0.419. The number of aliphatic carboxylic acids is 1. The van der Waals surface area contributed by atoms with Crippen LogP contribution in [0.5, 0.6) is 0 Å². The molecular formula is C31H38F2N4O4. The summed E-state index contributed by atoms with van der Waals surface area (Å²) in [5.41, 5.74) is 4.54. The quantitative estimate of drug-likeness (QED) is 0.296. The molecule has 0 radical (unpaired) electrons. The number of nitrogens with zero attached hydrogens (tertiary/aromatic N) is 3. The number of pyridine rings is 2. The topological polar surface area (TPSA) is 105 Å². The predicted molar refractivity (Wildman–Crippen MR) is 154 cm³/mol. The molecule has 0 saturated carbocycles. The van der Waals surface area contributed by atoms with Crippen molar-refractivity contribution < 1.29 is 23.5 Å². The summed E-state index contributed by atoms with van der Waals surface area (Å²) in [4.78, 5) is 44.3. The Kier molecular flexibility index (Phi) is 10.9. The zero-order valence-electron chi connectivity index (χ0n) is 24.1. The first-order valence-electron chi connectivity index (χ1n) is 13.6. The lowest BCUT2D eigenvalue weighted by Crippen LogP contribution is -2.40. The van der Waals surface area contributed by atoms with Crippen LogP contribution >= 0.6 is 0 Å². The third kappa shape index (κ3) is 8.78. The fourth-order valence-electron chi connectivity index (χ4n) is 5.04. The monoisotopic (exact) mass is 568 g/mol. The van der Waals surface area contributed by atoms with Gasteiger partial charge >= 0.3 is 5.97 Å². The standard InChI is InChI=1S/C31H38F2N4O4/c1-19(2)11-26(37-10-9-22(12-28(37)38)17-36(5)18-27(32)33)31(41)35-25(14-29(39)40)23-13-24(16-34-15-23)30-20(3)7-6-8-21(30)4/h6-10,12-13,15-16,19,25-27H,11,14,17-18H2,1-5H3,(H,35,41)(H,39,40)/t25-,26-/m0/s1. The summed E-state index contributed by atoms with van der Waals surface area (Å²) in [6.07, 6.45) is 2.21. The molecule has 1 aromatic carbocycles. The summed E-state index contributed by atoms with van der Waals surface area (Å²) in [7, 11) is 1.54. The number of carboxylic acid groups (broad SMARTS) is 1. The van der Waals surface area contributed by atoms with Crippen molar-refractivity contribution in [3.63, 3.8) is 0 Å². The Morgan fingerprint density at radius 3 is 2.37 bits per heavy atom. The third-order valence-electron chi connectivity index (χ3n) is 6.87. The molecule has 10 heteroatoms. The highest BCUT2D eigenvalue weighted by molar-refractivity contribution is 5.82. The van der Waals surface area contributed by atoms with Gasteiger partial charge in [-0.25, -0.2) is 8.78 Å². The molecule has 2 atom stereocenters. The van der Waals surface area contributed by atoms with Gasteiger partial charge in [-0.3, -0.25) is 24.3 Å². The van der Waals surface area contributed by atoms with Crippen molar-refractivity contribution in [1.82, 2.24) is 19.8 Å². The number of aryl methyl sites for hydroxylation is 2. The molecule has 0 aliphatic heterocycles. The summed E-state index contributed by atoms with van der Waals surface area (Å²) in [6.45, 7) is 7.55. The normalized spacial score (nSPS) is 13.0. The molecule has 8 nitrogen and oxygen atoms in total. The highest BCUT2D eigenvalue weighted by Gasteiger charge is 2.27. The Morgan fingerprint density at radius 2 is 1.78 bits per heavy atom. The Hall–Kier alpha value is -3.92.